The number of methoxy groups -OCH3 is 1. The van der Waals surface area contributed by atoms with E-state index in [0.29, 0.717) is 42.7 Å². The summed E-state index contributed by atoms with van der Waals surface area (Å²) in [6.07, 6.45) is 3.16. The van der Waals surface area contributed by atoms with Gasteiger partial charge >= 0.3 is 5.69 Å². The summed E-state index contributed by atoms with van der Waals surface area (Å²) in [4.78, 5) is 45.0. The molecule has 1 saturated heterocycles. The van der Waals surface area contributed by atoms with Crippen LogP contribution in [0.15, 0.2) is 52.2 Å². The Bertz CT molecular complexity index is 1450. The Morgan fingerprint density at radius 2 is 2.00 bits per heavy atom. The maximum Gasteiger partial charge on any atom is 0.330 e. The molecule has 10 heteroatoms. The second kappa shape index (κ2) is 8.62. The second-order valence-corrected chi connectivity index (χ2v) is 8.14. The Balaban J connectivity index is 1.51. The van der Waals surface area contributed by atoms with Crippen molar-refractivity contribution < 1.29 is 9.53 Å². The minimum absolute atomic E-state index is 0.160. The van der Waals surface area contributed by atoms with Crippen molar-refractivity contribution in [3.8, 4) is 0 Å². The van der Waals surface area contributed by atoms with Gasteiger partial charge in [0.1, 0.15) is 0 Å². The molecule has 0 unspecified atom stereocenters. The highest BCUT2D eigenvalue weighted by Gasteiger charge is 2.30. The van der Waals surface area contributed by atoms with Gasteiger partial charge in [0.05, 0.1) is 30.1 Å². The Kier molecular flexibility index (Phi) is 5.51. The predicted molar refractivity (Wildman–Crippen MR) is 122 cm³/mol. The van der Waals surface area contributed by atoms with Crippen LogP contribution in [0.5, 0.6) is 0 Å². The summed E-state index contributed by atoms with van der Waals surface area (Å²) in [6.45, 7) is 1.74. The fourth-order valence-corrected chi connectivity index (χ4v) is 4.61. The number of nitrogens with one attached hydrogen (secondary N) is 1. The van der Waals surface area contributed by atoms with Crippen LogP contribution >= 0.6 is 0 Å². The van der Waals surface area contributed by atoms with Crippen LogP contribution in [0.2, 0.25) is 0 Å². The highest BCUT2D eigenvalue weighted by molar-refractivity contribution is 6.04. The van der Waals surface area contributed by atoms with Crippen molar-refractivity contribution >= 4 is 27.8 Å². The van der Waals surface area contributed by atoms with Crippen LogP contribution in [0, 0.1) is 0 Å². The maximum atomic E-state index is 13.4. The summed E-state index contributed by atoms with van der Waals surface area (Å²) in [6, 6.07) is 10.4. The van der Waals surface area contributed by atoms with E-state index in [1.165, 1.54) is 0 Å². The van der Waals surface area contributed by atoms with Gasteiger partial charge in [-0.3, -0.25) is 18.7 Å². The third kappa shape index (κ3) is 3.62. The van der Waals surface area contributed by atoms with Gasteiger partial charge in [-0.15, -0.1) is 0 Å². The molecule has 10 nitrogen and oxygen atoms in total. The van der Waals surface area contributed by atoms with E-state index in [0.717, 1.165) is 18.4 Å². The first-order valence-electron chi connectivity index (χ1n) is 10.9. The number of imidazole rings is 1. The molecule has 0 aliphatic carbocycles. The number of carbonyl (C=O) groups is 1. The first kappa shape index (κ1) is 21.1. The smallest absolute Gasteiger partial charge is 0.330 e. The molecule has 4 heterocycles. The molecule has 1 N–H and O–H groups in total. The number of amides is 1. The van der Waals surface area contributed by atoms with Crippen molar-refractivity contribution in [3.63, 3.8) is 0 Å². The van der Waals surface area contributed by atoms with Crippen LogP contribution < -0.4 is 11.2 Å². The molecule has 1 fully saturated rings. The number of hydrogen-bond donors (Lipinski definition) is 1. The lowest BCUT2D eigenvalue weighted by Crippen LogP contribution is -2.43. The number of hydrogen-bond acceptors (Lipinski definition) is 6. The van der Waals surface area contributed by atoms with Crippen molar-refractivity contribution in [1.29, 1.82) is 0 Å². The van der Waals surface area contributed by atoms with Gasteiger partial charge in [0.25, 0.3) is 11.5 Å². The van der Waals surface area contributed by atoms with Crippen molar-refractivity contribution in [2.75, 3.05) is 26.8 Å². The third-order valence-corrected chi connectivity index (χ3v) is 6.19. The topological polar surface area (TPSA) is 115 Å². The number of ether oxygens (including phenoxy) is 1. The second-order valence-electron chi connectivity index (χ2n) is 8.14. The van der Waals surface area contributed by atoms with Crippen molar-refractivity contribution in [2.24, 2.45) is 0 Å². The summed E-state index contributed by atoms with van der Waals surface area (Å²) < 4.78 is 8.54. The molecule has 33 heavy (non-hydrogen) atoms. The van der Waals surface area contributed by atoms with Gasteiger partial charge in [-0.2, -0.15) is 5.10 Å². The molecule has 170 valence electrons. The zero-order valence-electron chi connectivity index (χ0n) is 18.2. The molecule has 3 aromatic heterocycles. The van der Waals surface area contributed by atoms with Crippen molar-refractivity contribution in [1.82, 2.24) is 29.2 Å². The zero-order valence-corrected chi connectivity index (χ0v) is 18.2. The quantitative estimate of drug-likeness (QED) is 0.495. The summed E-state index contributed by atoms with van der Waals surface area (Å²) in [7, 11) is 1.60. The molecule has 1 aliphatic rings. The summed E-state index contributed by atoms with van der Waals surface area (Å²) >= 11 is 0. The van der Waals surface area contributed by atoms with E-state index < -0.39 is 0 Å². The number of H-pyrrole nitrogens is 1. The van der Waals surface area contributed by atoms with Crippen molar-refractivity contribution in [2.45, 2.75) is 25.4 Å². The first-order chi connectivity index (χ1) is 16.1. The van der Waals surface area contributed by atoms with E-state index in [1.54, 1.807) is 57.7 Å². The lowest BCUT2D eigenvalue weighted by molar-refractivity contribution is 0.0674. The van der Waals surface area contributed by atoms with Crippen LogP contribution in [0.1, 0.15) is 29.4 Å². The number of benzene rings is 1. The lowest BCUT2D eigenvalue weighted by Gasteiger charge is -2.33. The van der Waals surface area contributed by atoms with Gasteiger partial charge in [-0.25, -0.2) is 14.9 Å². The average molecular weight is 448 g/mol. The molecule has 1 atom stereocenters. The number of nitrogens with zero attached hydrogens (tertiary/aromatic N) is 5. The van der Waals surface area contributed by atoms with Gasteiger partial charge in [-0.05, 0) is 31.0 Å². The fraction of sp³-hybridized carbons (Fsp3) is 0.348. The number of carbonyl (C=O) groups excluding carboxylic acids is 1. The molecule has 4 aromatic rings. The van der Waals surface area contributed by atoms with E-state index >= 15 is 0 Å². The zero-order chi connectivity index (χ0) is 22.9. The Hall–Kier alpha value is -3.79. The maximum absolute atomic E-state index is 13.4. The standard InChI is InChI=1S/C23H24N6O4/c1-33-13-12-28-18-9-4-10-24-20(18)29(23(28)32)15-6-5-11-27(14-15)22(31)19-16-7-2-3-8-17(16)21(30)26-25-19/h2-4,7-10,15H,5-6,11-14H2,1H3,(H,26,30)/t15-/m0/s1. The number of aromatic amines is 1. The largest absolute Gasteiger partial charge is 0.383 e. The summed E-state index contributed by atoms with van der Waals surface area (Å²) in [5.74, 6) is -0.267. The molecule has 1 amide bonds. The van der Waals surface area contributed by atoms with Crippen LogP contribution in [-0.4, -0.2) is 61.9 Å². The van der Waals surface area contributed by atoms with Gasteiger partial charge in [0.15, 0.2) is 11.3 Å². The number of fused-ring (bicyclic) bond motifs is 2. The Morgan fingerprint density at radius 3 is 2.82 bits per heavy atom. The highest BCUT2D eigenvalue weighted by Crippen LogP contribution is 2.26. The normalized spacial score (nSPS) is 16.5. The molecule has 5 rings (SSSR count). The van der Waals surface area contributed by atoms with Gasteiger partial charge < -0.3 is 9.64 Å². The van der Waals surface area contributed by atoms with Crippen LogP contribution in [0.25, 0.3) is 21.9 Å². The summed E-state index contributed by atoms with van der Waals surface area (Å²) in [5, 5.41) is 7.42. The fourth-order valence-electron chi connectivity index (χ4n) is 4.61. The van der Waals surface area contributed by atoms with Crippen molar-refractivity contribution in [3.05, 3.63) is 69.1 Å². The molecule has 0 spiro atoms. The molecular formula is C23H24N6O4. The molecule has 0 bridgehead atoms. The first-order valence-corrected chi connectivity index (χ1v) is 10.9. The number of likely N-dealkylation sites (tertiary alicyclic amines) is 1. The van der Waals surface area contributed by atoms with E-state index in [2.05, 4.69) is 15.2 Å². The van der Waals surface area contributed by atoms with E-state index in [-0.39, 0.29) is 28.9 Å². The Labute approximate surface area is 188 Å². The molecule has 1 aliphatic heterocycles. The monoisotopic (exact) mass is 448 g/mol. The third-order valence-electron chi connectivity index (χ3n) is 6.19. The van der Waals surface area contributed by atoms with Crippen LogP contribution in [0.4, 0.5) is 0 Å². The molecule has 0 radical (unpaired) electrons. The SMILES string of the molecule is COCCn1c(=O)n([C@H]2CCCN(C(=O)c3n[nH]c(=O)c4ccccc34)C2)c2ncccc21. The van der Waals surface area contributed by atoms with Gasteiger partial charge in [-0.1, -0.05) is 18.2 Å². The van der Waals surface area contributed by atoms with Gasteiger partial charge in [0, 0.05) is 31.8 Å². The van der Waals surface area contributed by atoms with Gasteiger partial charge in [0.2, 0.25) is 0 Å². The molecule has 0 saturated carbocycles. The molecule has 1 aromatic carbocycles. The summed E-state index contributed by atoms with van der Waals surface area (Å²) in [5.41, 5.74) is 1.06. The minimum Gasteiger partial charge on any atom is -0.383 e. The van der Waals surface area contributed by atoms with Crippen LogP contribution in [0.3, 0.4) is 0 Å². The van der Waals surface area contributed by atoms with E-state index in [9.17, 15) is 14.4 Å². The van der Waals surface area contributed by atoms with E-state index in [1.807, 2.05) is 6.07 Å². The predicted octanol–water partition coefficient (Wildman–Crippen LogP) is 1.56. The highest BCUT2D eigenvalue weighted by atomic mass is 16.5. The Morgan fingerprint density at radius 1 is 1.18 bits per heavy atom. The lowest BCUT2D eigenvalue weighted by atomic mass is 10.0. The molecular weight excluding hydrogens is 424 g/mol. The number of piperidine rings is 1. The van der Waals surface area contributed by atoms with Crippen LogP contribution in [-0.2, 0) is 11.3 Å². The number of aromatic nitrogens is 5. The number of pyridine rings is 1. The number of rotatable bonds is 5. The van der Waals surface area contributed by atoms with E-state index in [4.69, 9.17) is 4.74 Å². The average Bonchev–Trinajstić information content (AvgIpc) is 3.14. The minimum atomic E-state index is -0.333.